The van der Waals surface area contributed by atoms with Crippen LogP contribution in [-0.2, 0) is 9.84 Å². The largest absolute Gasteiger partial charge is 0.349 e. The summed E-state index contributed by atoms with van der Waals surface area (Å²) in [4.78, 5) is 12.5. The number of rotatable bonds is 3. The van der Waals surface area contributed by atoms with Gasteiger partial charge in [-0.2, -0.15) is 0 Å². The SMILES string of the molecule is CC1CCCC(NC(=O)c2ccc(S(C)(=O)=O)cc2)C1C. The van der Waals surface area contributed by atoms with E-state index in [1.54, 1.807) is 12.1 Å². The Kier molecular flexibility index (Phi) is 4.71. The lowest BCUT2D eigenvalue weighted by molar-refractivity contribution is 0.0891. The molecule has 0 heterocycles. The van der Waals surface area contributed by atoms with Gasteiger partial charge in [0, 0.05) is 17.9 Å². The van der Waals surface area contributed by atoms with E-state index in [2.05, 4.69) is 19.2 Å². The van der Waals surface area contributed by atoms with Gasteiger partial charge in [0.15, 0.2) is 9.84 Å². The summed E-state index contributed by atoms with van der Waals surface area (Å²) >= 11 is 0. The molecule has 3 atom stereocenters. The van der Waals surface area contributed by atoms with E-state index in [1.165, 1.54) is 18.6 Å². The maximum atomic E-state index is 12.3. The molecule has 1 amide bonds. The van der Waals surface area contributed by atoms with Crippen molar-refractivity contribution in [1.29, 1.82) is 0 Å². The number of carbonyl (C=O) groups excluding carboxylic acids is 1. The molecule has 1 saturated carbocycles. The average Bonchev–Trinajstić information content (AvgIpc) is 2.43. The highest BCUT2D eigenvalue weighted by Gasteiger charge is 2.28. The second-order valence-corrected chi connectivity index (χ2v) is 8.16. The molecule has 0 spiro atoms. The van der Waals surface area contributed by atoms with Crippen molar-refractivity contribution < 1.29 is 13.2 Å². The van der Waals surface area contributed by atoms with Crippen LogP contribution in [0.1, 0.15) is 43.5 Å². The molecule has 0 saturated heterocycles. The smallest absolute Gasteiger partial charge is 0.251 e. The molecule has 5 heteroatoms. The number of amides is 1. The first kappa shape index (κ1) is 16.0. The van der Waals surface area contributed by atoms with Crippen LogP contribution in [0, 0.1) is 11.8 Å². The molecular weight excluding hydrogens is 286 g/mol. The van der Waals surface area contributed by atoms with Crippen LogP contribution in [0.2, 0.25) is 0 Å². The lowest BCUT2D eigenvalue weighted by atomic mass is 9.78. The van der Waals surface area contributed by atoms with Gasteiger partial charge in [-0.05, 0) is 42.5 Å². The van der Waals surface area contributed by atoms with Crippen molar-refractivity contribution in [3.8, 4) is 0 Å². The van der Waals surface area contributed by atoms with Crippen LogP contribution in [0.3, 0.4) is 0 Å². The van der Waals surface area contributed by atoms with Gasteiger partial charge in [0.1, 0.15) is 0 Å². The Morgan fingerprint density at radius 2 is 1.76 bits per heavy atom. The van der Waals surface area contributed by atoms with Gasteiger partial charge in [-0.1, -0.05) is 26.7 Å². The molecular formula is C16H23NO3S. The summed E-state index contributed by atoms with van der Waals surface area (Å²) in [6.45, 7) is 4.41. The molecule has 0 aromatic heterocycles. The Labute approximate surface area is 126 Å². The summed E-state index contributed by atoms with van der Waals surface area (Å²) in [5.74, 6) is 0.968. The van der Waals surface area contributed by atoms with Crippen molar-refractivity contribution in [2.75, 3.05) is 6.26 Å². The van der Waals surface area contributed by atoms with E-state index < -0.39 is 9.84 Å². The van der Waals surface area contributed by atoms with Gasteiger partial charge >= 0.3 is 0 Å². The first-order valence-electron chi connectivity index (χ1n) is 7.40. The highest BCUT2D eigenvalue weighted by molar-refractivity contribution is 7.90. The Hall–Kier alpha value is -1.36. The van der Waals surface area contributed by atoms with E-state index in [1.807, 2.05) is 0 Å². The molecule has 0 aliphatic heterocycles. The van der Waals surface area contributed by atoms with E-state index in [-0.39, 0.29) is 16.8 Å². The third-order valence-corrected chi connectivity index (χ3v) is 5.70. The molecule has 1 fully saturated rings. The highest BCUT2D eigenvalue weighted by atomic mass is 32.2. The Morgan fingerprint density at radius 1 is 1.14 bits per heavy atom. The third kappa shape index (κ3) is 3.84. The van der Waals surface area contributed by atoms with Crippen LogP contribution < -0.4 is 5.32 Å². The molecule has 0 bridgehead atoms. The maximum Gasteiger partial charge on any atom is 0.251 e. The normalized spacial score (nSPS) is 26.3. The number of sulfone groups is 1. The van der Waals surface area contributed by atoms with Crippen molar-refractivity contribution in [2.24, 2.45) is 11.8 Å². The monoisotopic (exact) mass is 309 g/mol. The van der Waals surface area contributed by atoms with Gasteiger partial charge < -0.3 is 5.32 Å². The van der Waals surface area contributed by atoms with E-state index in [0.29, 0.717) is 17.4 Å². The molecule has 116 valence electrons. The predicted octanol–water partition coefficient (Wildman–Crippen LogP) is 2.64. The molecule has 4 nitrogen and oxygen atoms in total. The minimum absolute atomic E-state index is 0.124. The fraction of sp³-hybridized carbons (Fsp3) is 0.562. The van der Waals surface area contributed by atoms with Gasteiger partial charge in [-0.25, -0.2) is 8.42 Å². The van der Waals surface area contributed by atoms with Gasteiger partial charge in [-0.3, -0.25) is 4.79 Å². The van der Waals surface area contributed by atoms with Crippen LogP contribution in [0.4, 0.5) is 0 Å². The zero-order valence-corrected chi connectivity index (χ0v) is 13.6. The minimum Gasteiger partial charge on any atom is -0.349 e. The van der Waals surface area contributed by atoms with Crippen LogP contribution >= 0.6 is 0 Å². The summed E-state index contributed by atoms with van der Waals surface area (Å²) in [7, 11) is -3.22. The number of nitrogens with one attached hydrogen (secondary N) is 1. The number of carbonyl (C=O) groups is 1. The molecule has 1 aromatic carbocycles. The second-order valence-electron chi connectivity index (χ2n) is 6.14. The van der Waals surface area contributed by atoms with E-state index in [0.717, 1.165) is 19.1 Å². The lowest BCUT2D eigenvalue weighted by Crippen LogP contribution is -2.43. The first-order valence-corrected chi connectivity index (χ1v) is 9.29. The predicted molar refractivity (Wildman–Crippen MR) is 83.0 cm³/mol. The molecule has 1 aromatic rings. The van der Waals surface area contributed by atoms with E-state index in [4.69, 9.17) is 0 Å². The van der Waals surface area contributed by atoms with Gasteiger partial charge in [0.2, 0.25) is 0 Å². The lowest BCUT2D eigenvalue weighted by Gasteiger charge is -2.34. The van der Waals surface area contributed by atoms with Crippen LogP contribution in [0.5, 0.6) is 0 Å². The maximum absolute atomic E-state index is 12.3. The molecule has 21 heavy (non-hydrogen) atoms. The topological polar surface area (TPSA) is 63.2 Å². The third-order valence-electron chi connectivity index (χ3n) is 4.57. The van der Waals surface area contributed by atoms with Crippen molar-refractivity contribution in [3.05, 3.63) is 29.8 Å². The average molecular weight is 309 g/mol. The van der Waals surface area contributed by atoms with Crippen molar-refractivity contribution in [3.63, 3.8) is 0 Å². The summed E-state index contributed by atoms with van der Waals surface area (Å²) in [6, 6.07) is 6.32. The number of hydrogen-bond acceptors (Lipinski definition) is 3. The summed E-state index contributed by atoms with van der Waals surface area (Å²) in [5, 5.41) is 3.09. The van der Waals surface area contributed by atoms with Crippen molar-refractivity contribution in [1.82, 2.24) is 5.32 Å². The second kappa shape index (κ2) is 6.18. The highest BCUT2D eigenvalue weighted by Crippen LogP contribution is 2.29. The standard InChI is InChI=1S/C16H23NO3S/c1-11-5-4-6-15(12(11)2)17-16(18)13-7-9-14(10-8-13)21(3,19)20/h7-12,15H,4-6H2,1-3H3,(H,17,18). The Bertz CT molecular complexity index is 607. The minimum atomic E-state index is -3.22. The van der Waals surface area contributed by atoms with E-state index in [9.17, 15) is 13.2 Å². The fourth-order valence-corrected chi connectivity index (χ4v) is 3.52. The first-order chi connectivity index (χ1) is 9.79. The van der Waals surface area contributed by atoms with Gasteiger partial charge in [0.05, 0.1) is 4.90 Å². The summed E-state index contributed by atoms with van der Waals surface area (Å²) in [5.41, 5.74) is 0.507. The van der Waals surface area contributed by atoms with Crippen LogP contribution in [0.25, 0.3) is 0 Å². The van der Waals surface area contributed by atoms with Crippen molar-refractivity contribution >= 4 is 15.7 Å². The Balaban J connectivity index is 2.07. The number of benzene rings is 1. The van der Waals surface area contributed by atoms with Crippen LogP contribution in [-0.4, -0.2) is 26.6 Å². The van der Waals surface area contributed by atoms with E-state index >= 15 is 0 Å². The molecule has 2 rings (SSSR count). The summed E-state index contributed by atoms with van der Waals surface area (Å²) in [6.07, 6.45) is 4.53. The molecule has 0 radical (unpaired) electrons. The molecule has 1 aliphatic rings. The zero-order chi connectivity index (χ0) is 15.6. The van der Waals surface area contributed by atoms with Crippen molar-refractivity contribution in [2.45, 2.75) is 44.0 Å². The quantitative estimate of drug-likeness (QED) is 0.933. The summed E-state index contributed by atoms with van der Waals surface area (Å²) < 4.78 is 22.8. The fourth-order valence-electron chi connectivity index (χ4n) is 2.89. The zero-order valence-electron chi connectivity index (χ0n) is 12.8. The molecule has 1 aliphatic carbocycles. The van der Waals surface area contributed by atoms with Gasteiger partial charge in [0.25, 0.3) is 5.91 Å². The number of hydrogen-bond donors (Lipinski definition) is 1. The van der Waals surface area contributed by atoms with Gasteiger partial charge in [-0.15, -0.1) is 0 Å². The van der Waals surface area contributed by atoms with Crippen LogP contribution in [0.15, 0.2) is 29.2 Å². The molecule has 1 N–H and O–H groups in total. The Morgan fingerprint density at radius 3 is 2.33 bits per heavy atom. The molecule has 3 unspecified atom stereocenters.